The number of carbonyl (C=O) groups is 1. The van der Waals surface area contributed by atoms with Gasteiger partial charge in [0.1, 0.15) is 11.7 Å². The molecule has 1 atom stereocenters. The zero-order chi connectivity index (χ0) is 13.1. The number of ether oxygens (including phenoxy) is 2. The van der Waals surface area contributed by atoms with E-state index in [1.807, 2.05) is 6.92 Å². The zero-order valence-corrected chi connectivity index (χ0v) is 10.6. The van der Waals surface area contributed by atoms with Crippen molar-refractivity contribution in [2.45, 2.75) is 32.3 Å². The van der Waals surface area contributed by atoms with E-state index in [-0.39, 0.29) is 17.5 Å². The Labute approximate surface area is 106 Å². The Bertz CT molecular complexity index is 459. The van der Waals surface area contributed by atoms with E-state index in [2.05, 4.69) is 4.98 Å². The number of aromatic carboxylic acids is 1. The predicted octanol–water partition coefficient (Wildman–Crippen LogP) is 1.68. The van der Waals surface area contributed by atoms with Crippen molar-refractivity contribution in [3.8, 4) is 5.88 Å². The summed E-state index contributed by atoms with van der Waals surface area (Å²) in [5, 5.41) is 9.19. The maximum atomic E-state index is 11.2. The standard InChI is InChI=1S/C13H17NO4/c1-8(7-17-2)18-12-10(13(15)16)6-9-4-3-5-11(9)14-12/h6,8H,3-5,7H2,1-2H3,(H,15,16). The molecule has 5 heteroatoms. The first-order valence-electron chi connectivity index (χ1n) is 6.03. The molecule has 0 spiro atoms. The quantitative estimate of drug-likeness (QED) is 0.862. The summed E-state index contributed by atoms with van der Waals surface area (Å²) < 4.78 is 10.5. The Hall–Kier alpha value is -1.62. The van der Waals surface area contributed by atoms with Gasteiger partial charge in [-0.25, -0.2) is 9.78 Å². The van der Waals surface area contributed by atoms with Crippen LogP contribution in [0.2, 0.25) is 0 Å². The molecule has 0 fully saturated rings. The van der Waals surface area contributed by atoms with Gasteiger partial charge in [-0.15, -0.1) is 0 Å². The number of hydrogen-bond acceptors (Lipinski definition) is 4. The fraction of sp³-hybridized carbons (Fsp3) is 0.538. The van der Waals surface area contributed by atoms with Crippen LogP contribution in [0.25, 0.3) is 0 Å². The molecular weight excluding hydrogens is 234 g/mol. The van der Waals surface area contributed by atoms with Gasteiger partial charge in [-0.05, 0) is 37.8 Å². The maximum absolute atomic E-state index is 11.2. The second-order valence-electron chi connectivity index (χ2n) is 4.49. The number of pyridine rings is 1. The van der Waals surface area contributed by atoms with Crippen LogP contribution in [0, 0.1) is 0 Å². The Kier molecular flexibility index (Phi) is 3.81. The van der Waals surface area contributed by atoms with Gasteiger partial charge in [0.2, 0.25) is 5.88 Å². The van der Waals surface area contributed by atoms with E-state index in [1.54, 1.807) is 13.2 Å². The topological polar surface area (TPSA) is 68.7 Å². The number of aromatic nitrogens is 1. The molecule has 0 aromatic carbocycles. The molecule has 2 rings (SSSR count). The highest BCUT2D eigenvalue weighted by Crippen LogP contribution is 2.27. The van der Waals surface area contributed by atoms with Gasteiger partial charge < -0.3 is 14.6 Å². The van der Waals surface area contributed by atoms with E-state index in [1.165, 1.54) is 0 Å². The largest absolute Gasteiger partial charge is 0.477 e. The van der Waals surface area contributed by atoms with Crippen LogP contribution >= 0.6 is 0 Å². The van der Waals surface area contributed by atoms with Crippen LogP contribution in [-0.4, -0.2) is 35.9 Å². The minimum absolute atomic E-state index is 0.138. The molecule has 0 amide bonds. The van der Waals surface area contributed by atoms with E-state index in [4.69, 9.17) is 9.47 Å². The van der Waals surface area contributed by atoms with E-state index < -0.39 is 5.97 Å². The first-order valence-corrected chi connectivity index (χ1v) is 6.03. The average Bonchev–Trinajstić information content (AvgIpc) is 2.74. The summed E-state index contributed by atoms with van der Waals surface area (Å²) in [6, 6.07) is 1.69. The molecule has 98 valence electrons. The number of carboxylic acid groups (broad SMARTS) is 1. The second-order valence-corrected chi connectivity index (χ2v) is 4.49. The summed E-state index contributed by atoms with van der Waals surface area (Å²) in [7, 11) is 1.58. The molecule has 1 N–H and O–H groups in total. The van der Waals surface area contributed by atoms with E-state index in [0.717, 1.165) is 30.5 Å². The monoisotopic (exact) mass is 251 g/mol. The van der Waals surface area contributed by atoms with Crippen LogP contribution < -0.4 is 4.74 Å². The van der Waals surface area contributed by atoms with Crippen molar-refractivity contribution >= 4 is 5.97 Å². The molecule has 0 bridgehead atoms. The number of nitrogens with zero attached hydrogens (tertiary/aromatic N) is 1. The van der Waals surface area contributed by atoms with Gasteiger partial charge in [0, 0.05) is 12.8 Å². The number of hydrogen-bond donors (Lipinski definition) is 1. The lowest BCUT2D eigenvalue weighted by atomic mass is 10.1. The minimum Gasteiger partial charge on any atom is -0.477 e. The lowest BCUT2D eigenvalue weighted by Crippen LogP contribution is -2.20. The van der Waals surface area contributed by atoms with Crippen molar-refractivity contribution in [1.29, 1.82) is 0 Å². The number of carboxylic acids is 1. The van der Waals surface area contributed by atoms with Gasteiger partial charge in [-0.1, -0.05) is 0 Å². The van der Waals surface area contributed by atoms with Gasteiger partial charge in [0.25, 0.3) is 0 Å². The molecule has 18 heavy (non-hydrogen) atoms. The van der Waals surface area contributed by atoms with Crippen molar-refractivity contribution in [3.05, 3.63) is 22.9 Å². The highest BCUT2D eigenvalue weighted by atomic mass is 16.5. The number of methoxy groups -OCH3 is 1. The number of aryl methyl sites for hydroxylation is 2. The Balaban J connectivity index is 2.29. The SMILES string of the molecule is COCC(C)Oc1nc2c(cc1C(=O)O)CCC2. The minimum atomic E-state index is -1.00. The van der Waals surface area contributed by atoms with Crippen LogP contribution in [0.5, 0.6) is 5.88 Å². The number of rotatable bonds is 5. The van der Waals surface area contributed by atoms with E-state index in [9.17, 15) is 9.90 Å². The van der Waals surface area contributed by atoms with Gasteiger partial charge in [-0.3, -0.25) is 0 Å². The van der Waals surface area contributed by atoms with Crippen LogP contribution in [0.15, 0.2) is 6.07 Å². The lowest BCUT2D eigenvalue weighted by Gasteiger charge is -2.15. The zero-order valence-electron chi connectivity index (χ0n) is 10.6. The summed E-state index contributed by atoms with van der Waals surface area (Å²) in [4.78, 5) is 15.5. The Morgan fingerprint density at radius 3 is 3.00 bits per heavy atom. The summed E-state index contributed by atoms with van der Waals surface area (Å²) in [5.41, 5.74) is 2.12. The molecule has 1 aliphatic carbocycles. The van der Waals surface area contributed by atoms with Gasteiger partial charge >= 0.3 is 5.97 Å². The van der Waals surface area contributed by atoms with Crippen molar-refractivity contribution < 1.29 is 19.4 Å². The smallest absolute Gasteiger partial charge is 0.341 e. The summed E-state index contributed by atoms with van der Waals surface area (Å²) in [5.74, 6) is -0.801. The highest BCUT2D eigenvalue weighted by Gasteiger charge is 2.22. The molecule has 5 nitrogen and oxygen atoms in total. The first kappa shape index (κ1) is 12.8. The molecule has 1 aromatic heterocycles. The summed E-state index contributed by atoms with van der Waals surface area (Å²) in [6.45, 7) is 2.22. The van der Waals surface area contributed by atoms with Gasteiger partial charge in [0.15, 0.2) is 0 Å². The molecule has 1 aliphatic rings. The Morgan fingerprint density at radius 2 is 2.33 bits per heavy atom. The van der Waals surface area contributed by atoms with Crippen LogP contribution in [0.3, 0.4) is 0 Å². The van der Waals surface area contributed by atoms with Crippen molar-refractivity contribution in [2.75, 3.05) is 13.7 Å². The second kappa shape index (κ2) is 5.35. The van der Waals surface area contributed by atoms with Gasteiger partial charge in [0.05, 0.1) is 6.61 Å². The third kappa shape index (κ3) is 2.61. The van der Waals surface area contributed by atoms with Crippen LogP contribution in [-0.2, 0) is 17.6 Å². The molecule has 0 radical (unpaired) electrons. The van der Waals surface area contributed by atoms with Crippen molar-refractivity contribution in [2.24, 2.45) is 0 Å². The van der Waals surface area contributed by atoms with Crippen LogP contribution in [0.1, 0.15) is 35.0 Å². The van der Waals surface area contributed by atoms with Gasteiger partial charge in [-0.2, -0.15) is 0 Å². The third-order valence-corrected chi connectivity index (χ3v) is 2.96. The predicted molar refractivity (Wildman–Crippen MR) is 65.2 cm³/mol. The normalized spacial score (nSPS) is 15.2. The molecule has 0 saturated carbocycles. The average molecular weight is 251 g/mol. The van der Waals surface area contributed by atoms with Crippen LogP contribution in [0.4, 0.5) is 0 Å². The summed E-state index contributed by atoms with van der Waals surface area (Å²) in [6.07, 6.45) is 2.60. The molecule has 1 unspecified atom stereocenters. The summed E-state index contributed by atoms with van der Waals surface area (Å²) >= 11 is 0. The van der Waals surface area contributed by atoms with E-state index >= 15 is 0 Å². The number of fused-ring (bicyclic) bond motifs is 1. The molecular formula is C13H17NO4. The molecule has 1 heterocycles. The molecule has 0 aliphatic heterocycles. The van der Waals surface area contributed by atoms with E-state index in [0.29, 0.717) is 6.61 Å². The fourth-order valence-electron chi connectivity index (χ4n) is 2.16. The Morgan fingerprint density at radius 1 is 1.56 bits per heavy atom. The molecule has 0 saturated heterocycles. The van der Waals surface area contributed by atoms with Crippen molar-refractivity contribution in [1.82, 2.24) is 4.98 Å². The molecule has 1 aromatic rings. The van der Waals surface area contributed by atoms with Crippen molar-refractivity contribution in [3.63, 3.8) is 0 Å². The highest BCUT2D eigenvalue weighted by molar-refractivity contribution is 5.90. The fourth-order valence-corrected chi connectivity index (χ4v) is 2.16. The lowest BCUT2D eigenvalue weighted by molar-refractivity contribution is 0.0667. The first-order chi connectivity index (χ1) is 8.61. The maximum Gasteiger partial charge on any atom is 0.341 e. The third-order valence-electron chi connectivity index (χ3n) is 2.96.